The van der Waals surface area contributed by atoms with Gasteiger partial charge in [0.15, 0.2) is 11.5 Å². The molecule has 0 saturated carbocycles. The van der Waals surface area contributed by atoms with Crippen LogP contribution < -0.4 is 14.8 Å². The number of nitrogens with one attached hydrogen (secondary N) is 1. The fourth-order valence-electron chi connectivity index (χ4n) is 2.20. The maximum atomic E-state index is 5.71. The summed E-state index contributed by atoms with van der Waals surface area (Å²) in [4.78, 5) is 1.26. The predicted octanol–water partition coefficient (Wildman–Crippen LogP) is 4.62. The molecule has 3 nitrogen and oxygen atoms in total. The number of thiophene rings is 1. The lowest BCUT2D eigenvalue weighted by molar-refractivity contribution is 0.287. The Bertz CT molecular complexity index is 585. The lowest BCUT2D eigenvalue weighted by atomic mass is 10.0. The lowest BCUT2D eigenvalue weighted by Crippen LogP contribution is -2.16. The van der Waals surface area contributed by atoms with Crippen LogP contribution in [-0.2, 0) is 0 Å². The normalized spacial score (nSPS) is 12.2. The molecule has 0 saturated heterocycles. The Morgan fingerprint density at radius 1 is 1.10 bits per heavy atom. The van der Waals surface area contributed by atoms with E-state index in [0.717, 1.165) is 15.3 Å². The molecule has 1 N–H and O–H groups in total. The van der Waals surface area contributed by atoms with Crippen LogP contribution >= 0.6 is 27.3 Å². The maximum Gasteiger partial charge on any atom is 0.161 e. The number of hydrogen-bond acceptors (Lipinski definition) is 4. The van der Waals surface area contributed by atoms with Crippen molar-refractivity contribution in [3.8, 4) is 11.5 Å². The van der Waals surface area contributed by atoms with E-state index in [9.17, 15) is 0 Å². The summed E-state index contributed by atoms with van der Waals surface area (Å²) in [5.74, 6) is 1.60. The van der Waals surface area contributed by atoms with Gasteiger partial charge in [0.2, 0.25) is 0 Å². The van der Waals surface area contributed by atoms with Crippen LogP contribution in [0.25, 0.3) is 0 Å². The van der Waals surface area contributed by atoms with Crippen LogP contribution in [0.3, 0.4) is 0 Å². The van der Waals surface area contributed by atoms with E-state index in [0.29, 0.717) is 13.2 Å². The van der Waals surface area contributed by atoms with Crippen molar-refractivity contribution in [3.63, 3.8) is 0 Å². The summed E-state index contributed by atoms with van der Waals surface area (Å²) in [6.07, 6.45) is 0. The molecule has 1 unspecified atom stereocenters. The van der Waals surface area contributed by atoms with Gasteiger partial charge < -0.3 is 14.8 Å². The second kappa shape index (κ2) is 7.82. The van der Waals surface area contributed by atoms with E-state index in [2.05, 4.69) is 45.5 Å². The van der Waals surface area contributed by atoms with Crippen molar-refractivity contribution in [3.05, 3.63) is 44.6 Å². The van der Waals surface area contributed by atoms with E-state index in [1.807, 2.05) is 27.0 Å². The van der Waals surface area contributed by atoms with Gasteiger partial charge in [0.25, 0.3) is 0 Å². The molecule has 0 fully saturated rings. The standard InChI is InChI=1S/C16H20BrNO2S/c1-4-19-12-7-6-11(10-13(12)20-5-2)16(18-3)14-8-9-15(17)21-14/h6-10,16,18H,4-5H2,1-3H3. The van der Waals surface area contributed by atoms with Crippen molar-refractivity contribution in [1.29, 1.82) is 0 Å². The van der Waals surface area contributed by atoms with Gasteiger partial charge in [0, 0.05) is 4.88 Å². The second-order valence-corrected chi connectivity index (χ2v) is 6.93. The van der Waals surface area contributed by atoms with Crippen LogP contribution in [-0.4, -0.2) is 20.3 Å². The van der Waals surface area contributed by atoms with E-state index in [4.69, 9.17) is 9.47 Å². The van der Waals surface area contributed by atoms with E-state index < -0.39 is 0 Å². The highest BCUT2D eigenvalue weighted by molar-refractivity contribution is 9.11. The van der Waals surface area contributed by atoms with Gasteiger partial charge >= 0.3 is 0 Å². The highest BCUT2D eigenvalue weighted by atomic mass is 79.9. The van der Waals surface area contributed by atoms with Gasteiger partial charge in [-0.25, -0.2) is 0 Å². The lowest BCUT2D eigenvalue weighted by Gasteiger charge is -2.18. The summed E-state index contributed by atoms with van der Waals surface area (Å²) in [6, 6.07) is 10.5. The number of halogens is 1. The molecule has 0 amide bonds. The molecule has 5 heteroatoms. The van der Waals surface area contributed by atoms with E-state index in [1.54, 1.807) is 11.3 Å². The molecule has 0 aliphatic carbocycles. The SMILES string of the molecule is CCOc1ccc(C(NC)c2ccc(Br)s2)cc1OCC. The highest BCUT2D eigenvalue weighted by Gasteiger charge is 2.16. The van der Waals surface area contributed by atoms with Gasteiger partial charge in [0.05, 0.1) is 23.0 Å². The topological polar surface area (TPSA) is 30.5 Å². The molecule has 1 heterocycles. The van der Waals surface area contributed by atoms with Gasteiger partial charge in [0.1, 0.15) is 0 Å². The summed E-state index contributed by atoms with van der Waals surface area (Å²) < 4.78 is 12.5. The molecule has 2 rings (SSSR count). The molecule has 114 valence electrons. The second-order valence-electron chi connectivity index (χ2n) is 4.44. The third kappa shape index (κ3) is 3.99. The fourth-order valence-corrected chi connectivity index (χ4v) is 3.77. The van der Waals surface area contributed by atoms with Crippen LogP contribution in [0.4, 0.5) is 0 Å². The van der Waals surface area contributed by atoms with Gasteiger partial charge in [-0.1, -0.05) is 6.07 Å². The van der Waals surface area contributed by atoms with Crippen molar-refractivity contribution in [2.24, 2.45) is 0 Å². The molecule has 1 atom stereocenters. The average Bonchev–Trinajstić information content (AvgIpc) is 2.89. The van der Waals surface area contributed by atoms with E-state index in [-0.39, 0.29) is 6.04 Å². The Hall–Kier alpha value is -1.04. The first-order chi connectivity index (χ1) is 10.2. The summed E-state index contributed by atoms with van der Waals surface area (Å²) >= 11 is 5.25. The third-order valence-corrected chi connectivity index (χ3v) is 4.76. The van der Waals surface area contributed by atoms with Gasteiger partial charge in [-0.15, -0.1) is 11.3 Å². The molecule has 0 radical (unpaired) electrons. The van der Waals surface area contributed by atoms with Gasteiger partial charge in [-0.3, -0.25) is 0 Å². The number of hydrogen-bond donors (Lipinski definition) is 1. The molecule has 1 aromatic carbocycles. The molecule has 0 aliphatic rings. The Kier molecular flexibility index (Phi) is 6.08. The van der Waals surface area contributed by atoms with Crippen LogP contribution in [0.5, 0.6) is 11.5 Å². The molecular formula is C16H20BrNO2S. The highest BCUT2D eigenvalue weighted by Crippen LogP contribution is 2.35. The maximum absolute atomic E-state index is 5.71. The fraction of sp³-hybridized carbons (Fsp3) is 0.375. The Morgan fingerprint density at radius 2 is 1.81 bits per heavy atom. The summed E-state index contributed by atoms with van der Waals surface area (Å²) in [5, 5.41) is 3.36. The Labute approximate surface area is 138 Å². The number of ether oxygens (including phenoxy) is 2. The van der Waals surface area contributed by atoms with Crippen LogP contribution in [0, 0.1) is 0 Å². The van der Waals surface area contributed by atoms with Gasteiger partial charge in [-0.05, 0) is 66.7 Å². The summed E-state index contributed by atoms with van der Waals surface area (Å²) in [5.41, 5.74) is 1.17. The van der Waals surface area contributed by atoms with Crippen LogP contribution in [0.1, 0.15) is 30.3 Å². The largest absolute Gasteiger partial charge is 0.490 e. The van der Waals surface area contributed by atoms with Crippen molar-refractivity contribution >= 4 is 27.3 Å². The minimum atomic E-state index is 0.149. The van der Waals surface area contributed by atoms with E-state index >= 15 is 0 Å². The molecule has 0 aliphatic heterocycles. The minimum Gasteiger partial charge on any atom is -0.490 e. The third-order valence-electron chi connectivity index (χ3n) is 3.07. The van der Waals surface area contributed by atoms with Crippen molar-refractivity contribution in [2.45, 2.75) is 19.9 Å². The predicted molar refractivity (Wildman–Crippen MR) is 91.7 cm³/mol. The Morgan fingerprint density at radius 3 is 2.38 bits per heavy atom. The first kappa shape index (κ1) is 16.3. The number of rotatable bonds is 7. The van der Waals surface area contributed by atoms with Crippen molar-refractivity contribution in [1.82, 2.24) is 5.32 Å². The zero-order valence-electron chi connectivity index (χ0n) is 12.5. The first-order valence-electron chi connectivity index (χ1n) is 7.01. The molecule has 21 heavy (non-hydrogen) atoms. The van der Waals surface area contributed by atoms with Gasteiger partial charge in [-0.2, -0.15) is 0 Å². The van der Waals surface area contributed by atoms with Crippen molar-refractivity contribution < 1.29 is 9.47 Å². The monoisotopic (exact) mass is 369 g/mol. The number of benzene rings is 1. The summed E-state index contributed by atoms with van der Waals surface area (Å²) in [7, 11) is 1.97. The van der Waals surface area contributed by atoms with Crippen LogP contribution in [0.2, 0.25) is 0 Å². The quantitative estimate of drug-likeness (QED) is 0.772. The molecule has 0 bridgehead atoms. The molecule has 2 aromatic rings. The first-order valence-corrected chi connectivity index (χ1v) is 8.62. The Balaban J connectivity index is 2.35. The minimum absolute atomic E-state index is 0.149. The zero-order valence-corrected chi connectivity index (χ0v) is 14.9. The van der Waals surface area contributed by atoms with Crippen LogP contribution in [0.15, 0.2) is 34.1 Å². The smallest absolute Gasteiger partial charge is 0.161 e. The van der Waals surface area contributed by atoms with E-state index in [1.165, 1.54) is 10.4 Å². The molecular weight excluding hydrogens is 350 g/mol. The van der Waals surface area contributed by atoms with Crippen molar-refractivity contribution in [2.75, 3.05) is 20.3 Å². The summed E-state index contributed by atoms with van der Waals surface area (Å²) in [6.45, 7) is 5.21. The average molecular weight is 370 g/mol. The molecule has 0 spiro atoms. The zero-order chi connectivity index (χ0) is 15.2. The molecule has 1 aromatic heterocycles.